The second kappa shape index (κ2) is 6.17. The third kappa shape index (κ3) is 3.89. The van der Waals surface area contributed by atoms with Crippen LogP contribution in [-0.4, -0.2) is 20.5 Å². The molecule has 0 unspecified atom stereocenters. The highest BCUT2D eigenvalue weighted by Gasteiger charge is 2.27. The first-order chi connectivity index (χ1) is 8.75. The first-order valence-electron chi connectivity index (χ1n) is 5.98. The molecule has 0 fully saturated rings. The molecule has 0 aromatic heterocycles. The van der Waals surface area contributed by atoms with E-state index in [4.69, 9.17) is 17.3 Å². The highest BCUT2D eigenvalue weighted by molar-refractivity contribution is 7.89. The predicted molar refractivity (Wildman–Crippen MR) is 74.1 cm³/mol. The summed E-state index contributed by atoms with van der Waals surface area (Å²) in [5, 5.41) is -0.150. The van der Waals surface area contributed by atoms with E-state index >= 15 is 0 Å². The lowest BCUT2D eigenvalue weighted by atomic mass is 9.95. The van der Waals surface area contributed by atoms with Gasteiger partial charge in [-0.05, 0) is 25.0 Å². The van der Waals surface area contributed by atoms with Gasteiger partial charge in [0.2, 0.25) is 10.0 Å². The highest BCUT2D eigenvalue weighted by atomic mass is 35.5. The normalized spacial score (nSPS) is 12.7. The van der Waals surface area contributed by atoms with Crippen molar-refractivity contribution in [3.05, 3.63) is 29.0 Å². The Hall–Kier alpha value is -0.690. The molecule has 0 aliphatic heterocycles. The first-order valence-corrected chi connectivity index (χ1v) is 7.84. The molecule has 1 aromatic carbocycles. The number of nitrogens with one attached hydrogen (secondary N) is 1. The molecule has 0 aliphatic carbocycles. The molecule has 0 heterocycles. The molecule has 1 rings (SSSR count). The Morgan fingerprint density at radius 3 is 2.42 bits per heavy atom. The van der Waals surface area contributed by atoms with Gasteiger partial charge in [-0.25, -0.2) is 17.5 Å². The van der Waals surface area contributed by atoms with Gasteiger partial charge in [-0.15, -0.1) is 0 Å². The van der Waals surface area contributed by atoms with Crippen LogP contribution >= 0.6 is 11.6 Å². The van der Waals surface area contributed by atoms with E-state index in [9.17, 15) is 12.8 Å². The van der Waals surface area contributed by atoms with E-state index in [0.717, 1.165) is 6.07 Å². The fourth-order valence-corrected chi connectivity index (χ4v) is 3.29. The summed E-state index contributed by atoms with van der Waals surface area (Å²) in [7, 11) is -4.01. The lowest BCUT2D eigenvalue weighted by Gasteiger charge is -2.26. The number of sulfonamides is 1. The zero-order chi connectivity index (χ0) is 14.7. The smallest absolute Gasteiger partial charge is 0.245 e. The summed E-state index contributed by atoms with van der Waals surface area (Å²) in [6.07, 6.45) is 1.22. The number of hydrogen-bond donors (Lipinski definition) is 2. The molecular weight excluding hydrogens is 291 g/mol. The molecule has 3 N–H and O–H groups in total. The average molecular weight is 309 g/mol. The summed E-state index contributed by atoms with van der Waals surface area (Å²) >= 11 is 5.74. The van der Waals surface area contributed by atoms with Gasteiger partial charge in [0.05, 0.1) is 5.02 Å². The van der Waals surface area contributed by atoms with Gasteiger partial charge in [-0.1, -0.05) is 31.5 Å². The van der Waals surface area contributed by atoms with Crippen molar-refractivity contribution in [1.29, 1.82) is 0 Å². The van der Waals surface area contributed by atoms with Gasteiger partial charge in [0.25, 0.3) is 0 Å². The van der Waals surface area contributed by atoms with E-state index in [1.54, 1.807) is 0 Å². The van der Waals surface area contributed by atoms with E-state index in [-0.39, 0.29) is 11.6 Å². The third-order valence-corrected chi connectivity index (χ3v) is 5.11. The van der Waals surface area contributed by atoms with E-state index in [0.29, 0.717) is 12.8 Å². The Morgan fingerprint density at radius 2 is 1.95 bits per heavy atom. The molecule has 0 saturated heterocycles. The minimum atomic E-state index is -4.01. The van der Waals surface area contributed by atoms with Crippen LogP contribution in [0.5, 0.6) is 0 Å². The van der Waals surface area contributed by atoms with Crippen molar-refractivity contribution in [1.82, 2.24) is 4.72 Å². The van der Waals surface area contributed by atoms with Crippen LogP contribution in [-0.2, 0) is 10.0 Å². The van der Waals surface area contributed by atoms with Crippen molar-refractivity contribution in [2.24, 2.45) is 5.73 Å². The molecule has 1 aromatic rings. The molecule has 0 spiro atoms. The topological polar surface area (TPSA) is 72.2 Å². The summed E-state index contributed by atoms with van der Waals surface area (Å²) in [4.78, 5) is -0.536. The maximum atomic E-state index is 13.6. The molecular formula is C12H18ClFN2O2S. The zero-order valence-electron chi connectivity index (χ0n) is 10.9. The van der Waals surface area contributed by atoms with Gasteiger partial charge in [0.1, 0.15) is 10.7 Å². The van der Waals surface area contributed by atoms with Crippen molar-refractivity contribution in [3.8, 4) is 0 Å². The fraction of sp³-hybridized carbons (Fsp3) is 0.500. The van der Waals surface area contributed by atoms with Gasteiger partial charge >= 0.3 is 0 Å². The van der Waals surface area contributed by atoms with Gasteiger partial charge in [0.15, 0.2) is 0 Å². The van der Waals surface area contributed by atoms with Crippen LogP contribution < -0.4 is 10.5 Å². The first kappa shape index (κ1) is 16.4. The Bertz CT molecular complexity index is 524. The van der Waals surface area contributed by atoms with E-state index < -0.39 is 26.3 Å². The van der Waals surface area contributed by atoms with Crippen LogP contribution in [0.15, 0.2) is 23.1 Å². The van der Waals surface area contributed by atoms with Gasteiger partial charge in [-0.3, -0.25) is 0 Å². The molecule has 7 heteroatoms. The third-order valence-electron chi connectivity index (χ3n) is 3.21. The number of rotatable bonds is 6. The Morgan fingerprint density at radius 1 is 1.37 bits per heavy atom. The van der Waals surface area contributed by atoms with Gasteiger partial charge < -0.3 is 5.73 Å². The largest absolute Gasteiger partial charge is 0.324 e. The number of halogens is 2. The van der Waals surface area contributed by atoms with Gasteiger partial charge in [-0.2, -0.15) is 0 Å². The van der Waals surface area contributed by atoms with E-state index in [2.05, 4.69) is 4.72 Å². The molecule has 0 amide bonds. The van der Waals surface area contributed by atoms with Crippen LogP contribution in [0.1, 0.15) is 26.7 Å². The molecule has 0 bridgehead atoms. The van der Waals surface area contributed by atoms with Crippen LogP contribution in [0.2, 0.25) is 5.02 Å². The molecule has 19 heavy (non-hydrogen) atoms. The molecule has 4 nitrogen and oxygen atoms in total. The number of benzene rings is 1. The summed E-state index contributed by atoms with van der Waals surface area (Å²) in [6, 6.07) is 3.73. The summed E-state index contributed by atoms with van der Waals surface area (Å²) < 4.78 is 40.0. The molecule has 0 saturated carbocycles. The Balaban J connectivity index is 3.00. The van der Waals surface area contributed by atoms with Crippen molar-refractivity contribution < 1.29 is 12.8 Å². The quantitative estimate of drug-likeness (QED) is 0.847. The highest BCUT2D eigenvalue weighted by Crippen LogP contribution is 2.24. The summed E-state index contributed by atoms with van der Waals surface area (Å²) in [5.41, 5.74) is 5.36. The van der Waals surface area contributed by atoms with Crippen molar-refractivity contribution in [2.45, 2.75) is 37.1 Å². The van der Waals surface area contributed by atoms with Crippen molar-refractivity contribution in [3.63, 3.8) is 0 Å². The predicted octanol–water partition coefficient (Wildman–Crippen LogP) is 2.27. The number of hydrogen-bond acceptors (Lipinski definition) is 3. The second-order valence-corrected chi connectivity index (χ2v) is 6.56. The molecule has 0 atom stereocenters. The maximum Gasteiger partial charge on any atom is 0.245 e. The minimum Gasteiger partial charge on any atom is -0.324 e. The second-order valence-electron chi connectivity index (χ2n) is 4.44. The van der Waals surface area contributed by atoms with Crippen LogP contribution in [0, 0.1) is 5.82 Å². The lowest BCUT2D eigenvalue weighted by molar-refractivity contribution is 0.391. The minimum absolute atomic E-state index is 0.0347. The maximum absolute atomic E-state index is 13.6. The zero-order valence-corrected chi connectivity index (χ0v) is 12.5. The SMILES string of the molecule is CCC(N)(CC)CNS(=O)(=O)c1c(F)cccc1Cl. The number of nitrogens with two attached hydrogens (primary N) is 1. The van der Waals surface area contributed by atoms with Crippen molar-refractivity contribution in [2.75, 3.05) is 6.54 Å². The summed E-state index contributed by atoms with van der Waals surface area (Å²) in [5.74, 6) is -0.879. The average Bonchev–Trinajstić information content (AvgIpc) is 2.35. The Labute approximate surface area is 118 Å². The van der Waals surface area contributed by atoms with Crippen LogP contribution in [0.25, 0.3) is 0 Å². The molecule has 0 radical (unpaired) electrons. The van der Waals surface area contributed by atoms with Crippen molar-refractivity contribution >= 4 is 21.6 Å². The monoisotopic (exact) mass is 308 g/mol. The van der Waals surface area contributed by atoms with Crippen LogP contribution in [0.3, 0.4) is 0 Å². The van der Waals surface area contributed by atoms with Gasteiger partial charge in [0, 0.05) is 12.1 Å². The lowest BCUT2D eigenvalue weighted by Crippen LogP contribution is -2.49. The molecule has 0 aliphatic rings. The molecule has 108 valence electrons. The fourth-order valence-electron chi connectivity index (χ4n) is 1.55. The van der Waals surface area contributed by atoms with E-state index in [1.165, 1.54) is 12.1 Å². The standard InChI is InChI=1S/C12H18ClFN2O2S/c1-3-12(15,4-2)8-16-19(17,18)11-9(13)6-5-7-10(11)14/h5-7,16H,3-4,8,15H2,1-2H3. The van der Waals surface area contributed by atoms with E-state index in [1.807, 2.05) is 13.8 Å². The van der Waals surface area contributed by atoms with Crippen LogP contribution in [0.4, 0.5) is 4.39 Å². The Kier molecular flexibility index (Phi) is 5.32. The summed E-state index contributed by atoms with van der Waals surface area (Å²) in [6.45, 7) is 3.77.